The number of quaternary nitrogens is 1. The minimum atomic E-state index is -4.70. The van der Waals surface area contributed by atoms with E-state index >= 15 is 0 Å². The Morgan fingerprint density at radius 2 is 0.842 bits per heavy atom. The summed E-state index contributed by atoms with van der Waals surface area (Å²) in [5.74, 6) is -0.556. The summed E-state index contributed by atoms with van der Waals surface area (Å²) < 4.78 is 30.3. The van der Waals surface area contributed by atoms with E-state index in [4.69, 9.17) is 13.8 Å². The molecule has 0 radical (unpaired) electrons. The second-order valence-corrected chi connectivity index (χ2v) is 23.6. The molecule has 0 fully saturated rings. The molecule has 1 N–H and O–H groups in total. The van der Waals surface area contributed by atoms with E-state index in [0.29, 0.717) is 23.9 Å². The Kier molecular flexibility index (Phi) is 53.5. The zero-order valence-electron chi connectivity index (χ0n) is 50.2. The summed E-state index contributed by atoms with van der Waals surface area (Å²) in [6.45, 7) is 6.72. The zero-order chi connectivity index (χ0) is 55.7. The summed E-state index contributed by atoms with van der Waals surface area (Å²) >= 11 is 0. The molecule has 3 atom stereocenters. The molecule has 10 heteroatoms. The number of likely N-dealkylation sites (N-methyl/N-ethyl adjacent to an activating group) is 1. The molecule has 0 aliphatic heterocycles. The van der Waals surface area contributed by atoms with E-state index in [0.717, 1.165) is 116 Å². The topological polar surface area (TPSA) is 114 Å². The maximum atomic E-state index is 13.5. The van der Waals surface area contributed by atoms with E-state index in [-0.39, 0.29) is 24.9 Å². The molecule has 0 aliphatic rings. The van der Waals surface area contributed by atoms with Crippen LogP contribution in [-0.4, -0.2) is 69.4 Å². The lowest BCUT2D eigenvalue weighted by Crippen LogP contribution is -2.47. The van der Waals surface area contributed by atoms with E-state index in [1.54, 1.807) is 0 Å². The van der Waals surface area contributed by atoms with Crippen LogP contribution in [0.5, 0.6) is 0 Å². The number of carbonyl (C=O) groups excluding carboxylic acids is 2. The van der Waals surface area contributed by atoms with Crippen LogP contribution in [0.2, 0.25) is 0 Å². The highest BCUT2D eigenvalue weighted by molar-refractivity contribution is 7.45. The quantitative estimate of drug-likeness (QED) is 0.0212. The Labute approximate surface area is 469 Å². The number of hydrogen-bond donors (Lipinski definition) is 1. The number of amides is 1. The van der Waals surface area contributed by atoms with Gasteiger partial charge in [-0.2, -0.15) is 0 Å². The molecule has 0 rings (SSSR count). The van der Waals surface area contributed by atoms with Crippen molar-refractivity contribution in [1.29, 1.82) is 0 Å². The van der Waals surface area contributed by atoms with Crippen LogP contribution < -0.4 is 10.2 Å². The average molecular weight is 1080 g/mol. The predicted octanol–water partition coefficient (Wildman–Crippen LogP) is 18.8. The van der Waals surface area contributed by atoms with Crippen molar-refractivity contribution in [3.8, 4) is 0 Å². The third kappa shape index (κ3) is 55.9. The van der Waals surface area contributed by atoms with Crippen LogP contribution in [0.4, 0.5) is 0 Å². The van der Waals surface area contributed by atoms with Gasteiger partial charge in [-0.3, -0.25) is 14.2 Å². The molecular formula is C66H119N2O7P. The highest BCUT2D eigenvalue weighted by atomic mass is 31.2. The highest BCUT2D eigenvalue weighted by Gasteiger charge is 2.27. The van der Waals surface area contributed by atoms with Gasteiger partial charge < -0.3 is 28.5 Å². The van der Waals surface area contributed by atoms with Gasteiger partial charge in [0.05, 0.1) is 33.8 Å². The summed E-state index contributed by atoms with van der Waals surface area (Å²) in [4.78, 5) is 39.9. The van der Waals surface area contributed by atoms with Crippen LogP contribution in [0, 0.1) is 0 Å². The number of nitrogens with one attached hydrogen (secondary N) is 1. The van der Waals surface area contributed by atoms with Gasteiger partial charge in [0.2, 0.25) is 5.91 Å². The van der Waals surface area contributed by atoms with Crippen molar-refractivity contribution >= 4 is 19.7 Å². The lowest BCUT2D eigenvalue weighted by atomic mass is 10.0. The predicted molar refractivity (Wildman–Crippen MR) is 325 cm³/mol. The molecule has 0 bridgehead atoms. The Bertz CT molecular complexity index is 1580. The first-order valence-corrected chi connectivity index (χ1v) is 32.9. The standard InChI is InChI=1S/C66H119N2O7P/c1-7-10-13-16-19-22-25-27-29-30-31-32-33-34-35-36-37-38-39-41-44-47-50-53-56-59-66(70)75-64(57-54-51-48-45-42-24-21-18-15-12-9-3)63(62-74-76(71,72)73-61-60-68(4,5)6)67-65(69)58-55-52-49-46-43-40-28-26-23-20-17-14-11-8-2/h10,13,19,22,27,29,31-32,34-35,37-38,54,57,63-64H,7-9,11-12,14-18,20-21,23-26,28,30,33,36,39-53,55-56,58-62H2,1-6H3,(H-,67,69,71,72)/b13-10-,22-19-,29-27-,32-31-,35-34-,38-37-,57-54-. The van der Waals surface area contributed by atoms with Gasteiger partial charge in [-0.25, -0.2) is 0 Å². The van der Waals surface area contributed by atoms with Crippen molar-refractivity contribution < 1.29 is 37.3 Å². The highest BCUT2D eigenvalue weighted by Crippen LogP contribution is 2.38. The fourth-order valence-corrected chi connectivity index (χ4v) is 9.48. The summed E-state index contributed by atoms with van der Waals surface area (Å²) in [5, 5.41) is 3.02. The third-order valence-corrected chi connectivity index (χ3v) is 14.6. The second kappa shape index (κ2) is 55.5. The number of phosphoric acid groups is 1. The SMILES string of the molecule is CC/C=C\C/C=C\C/C=C\C/C=C\C/C=C\C/C=C\CCCCCCCCC(=O)OC(/C=C\CCCCCCCCCCC)C(COP(=O)([O-])OCC[N+](C)(C)C)NC(=O)CCCCCCCCCCCCCCCC. The smallest absolute Gasteiger partial charge is 0.306 e. The Balaban J connectivity index is 5.17. The van der Waals surface area contributed by atoms with E-state index in [2.05, 4.69) is 99.0 Å². The molecule has 0 spiro atoms. The third-order valence-electron chi connectivity index (χ3n) is 13.6. The molecule has 0 aromatic carbocycles. The van der Waals surface area contributed by atoms with Crippen LogP contribution >= 0.6 is 7.82 Å². The first kappa shape index (κ1) is 73.2. The van der Waals surface area contributed by atoms with Crippen LogP contribution in [0.3, 0.4) is 0 Å². The molecule has 1 amide bonds. The summed E-state index contributed by atoms with van der Waals surface area (Å²) in [7, 11) is 1.17. The van der Waals surface area contributed by atoms with Gasteiger partial charge in [-0.05, 0) is 83.1 Å². The number of unbranched alkanes of at least 4 members (excludes halogenated alkanes) is 28. The first-order valence-electron chi connectivity index (χ1n) is 31.4. The lowest BCUT2D eigenvalue weighted by molar-refractivity contribution is -0.870. The van der Waals surface area contributed by atoms with E-state index < -0.39 is 26.6 Å². The normalized spacial score (nSPS) is 14.2. The first-order chi connectivity index (χ1) is 36.9. The Morgan fingerprint density at radius 1 is 0.474 bits per heavy atom. The number of allylic oxidation sites excluding steroid dienone is 13. The van der Waals surface area contributed by atoms with Crippen molar-refractivity contribution in [1.82, 2.24) is 5.32 Å². The fourth-order valence-electron chi connectivity index (χ4n) is 8.76. The molecule has 0 saturated heterocycles. The van der Waals surface area contributed by atoms with Gasteiger partial charge in [0.1, 0.15) is 19.3 Å². The van der Waals surface area contributed by atoms with E-state index in [1.807, 2.05) is 33.3 Å². The van der Waals surface area contributed by atoms with Gasteiger partial charge >= 0.3 is 5.97 Å². The summed E-state index contributed by atoms with van der Waals surface area (Å²) in [6, 6.07) is -0.895. The summed E-state index contributed by atoms with van der Waals surface area (Å²) in [5.41, 5.74) is 0. The Morgan fingerprint density at radius 3 is 1.26 bits per heavy atom. The molecule has 0 aromatic rings. The van der Waals surface area contributed by atoms with Crippen molar-refractivity contribution in [2.24, 2.45) is 0 Å². The van der Waals surface area contributed by atoms with Crippen LogP contribution in [-0.2, 0) is 27.9 Å². The van der Waals surface area contributed by atoms with Gasteiger partial charge in [-0.15, -0.1) is 0 Å². The molecule has 440 valence electrons. The van der Waals surface area contributed by atoms with Crippen LogP contribution in [0.15, 0.2) is 85.1 Å². The minimum Gasteiger partial charge on any atom is -0.756 e. The van der Waals surface area contributed by atoms with Crippen LogP contribution in [0.1, 0.15) is 271 Å². The molecule has 0 heterocycles. The lowest BCUT2D eigenvalue weighted by Gasteiger charge is -2.30. The number of ether oxygens (including phenoxy) is 1. The number of esters is 1. The van der Waals surface area contributed by atoms with Crippen LogP contribution in [0.25, 0.3) is 0 Å². The molecule has 9 nitrogen and oxygen atoms in total. The summed E-state index contributed by atoms with van der Waals surface area (Å²) in [6.07, 6.45) is 72.6. The monoisotopic (exact) mass is 1080 g/mol. The second-order valence-electron chi connectivity index (χ2n) is 22.2. The molecule has 0 aromatic heterocycles. The van der Waals surface area contributed by atoms with E-state index in [1.165, 1.54) is 116 Å². The Hall–Kier alpha value is -2.81. The number of nitrogens with zero attached hydrogens (tertiary/aromatic N) is 1. The zero-order valence-corrected chi connectivity index (χ0v) is 51.1. The molecular weight excluding hydrogens is 964 g/mol. The van der Waals surface area contributed by atoms with Gasteiger partial charge in [0.25, 0.3) is 7.82 Å². The van der Waals surface area contributed by atoms with Crippen molar-refractivity contribution in [2.45, 2.75) is 283 Å². The van der Waals surface area contributed by atoms with Crippen molar-refractivity contribution in [3.63, 3.8) is 0 Å². The van der Waals surface area contributed by atoms with E-state index in [9.17, 15) is 19.0 Å². The molecule has 3 unspecified atom stereocenters. The van der Waals surface area contributed by atoms with Gasteiger partial charge in [0, 0.05) is 12.8 Å². The molecule has 0 aliphatic carbocycles. The fraction of sp³-hybridized carbons (Fsp3) is 0.758. The maximum absolute atomic E-state index is 13.5. The number of carbonyl (C=O) groups is 2. The number of rotatable bonds is 56. The average Bonchev–Trinajstić information content (AvgIpc) is 3.38. The minimum absolute atomic E-state index is 0.0268. The number of phosphoric ester groups is 1. The van der Waals surface area contributed by atoms with Gasteiger partial charge in [0.15, 0.2) is 0 Å². The molecule has 76 heavy (non-hydrogen) atoms. The maximum Gasteiger partial charge on any atom is 0.306 e. The molecule has 0 saturated carbocycles. The van der Waals surface area contributed by atoms with Crippen molar-refractivity contribution in [3.05, 3.63) is 85.1 Å². The van der Waals surface area contributed by atoms with Gasteiger partial charge in [-0.1, -0.05) is 260 Å². The largest absolute Gasteiger partial charge is 0.756 e. The van der Waals surface area contributed by atoms with Crippen molar-refractivity contribution in [2.75, 3.05) is 40.9 Å². The number of hydrogen-bond acceptors (Lipinski definition) is 7.